The SMILES string of the molecule is CC[C@@H](C)/C(=C(/CC(C)(C)COC=O)c1cc(C2=CCCN(CC(NC(=O)C(C3CCCC3)N3CCC(CN(CC)C(=O)C4CO4)C3)C(=O)N3CCCCN3)C2)ccc1C)c1cccnc1C(C)OC. The lowest BCUT2D eigenvalue weighted by molar-refractivity contribution is -0.142. The Labute approximate surface area is 418 Å². The largest absolute Gasteiger partial charge is 0.467 e. The number of nitrogens with zero attached hydrogens (tertiary/aromatic N) is 5. The molecule has 1 aliphatic carbocycles. The molecule has 3 saturated heterocycles. The lowest BCUT2D eigenvalue weighted by Gasteiger charge is -2.37. The Morgan fingerprint density at radius 1 is 1.04 bits per heavy atom. The number of aryl methyl sites for hydroxylation is 1. The maximum atomic E-state index is 14.9. The number of nitrogens with one attached hydrogen (secondary N) is 2. The van der Waals surface area contributed by atoms with E-state index in [9.17, 15) is 19.2 Å². The van der Waals surface area contributed by atoms with Crippen LogP contribution in [0.2, 0.25) is 0 Å². The Kier molecular flexibility index (Phi) is 18.9. The second-order valence-electron chi connectivity index (χ2n) is 21.6. The van der Waals surface area contributed by atoms with Crippen molar-refractivity contribution in [3.05, 3.63) is 70.6 Å². The first-order chi connectivity index (χ1) is 33.7. The monoisotopic (exact) mass is 966 g/mol. The van der Waals surface area contributed by atoms with Gasteiger partial charge in [0.15, 0.2) is 6.10 Å². The number of ether oxygens (including phenoxy) is 3. The fourth-order valence-corrected chi connectivity index (χ4v) is 11.5. The number of hydrogen-bond acceptors (Lipinski definition) is 11. The Balaban J connectivity index is 1.16. The second kappa shape index (κ2) is 24.8. The maximum absolute atomic E-state index is 14.9. The van der Waals surface area contributed by atoms with Crippen molar-refractivity contribution in [2.75, 3.05) is 79.2 Å². The van der Waals surface area contributed by atoms with Crippen LogP contribution in [-0.2, 0) is 33.4 Å². The van der Waals surface area contributed by atoms with Gasteiger partial charge in [-0.3, -0.25) is 39.0 Å². The van der Waals surface area contributed by atoms with Crippen molar-refractivity contribution in [2.45, 2.75) is 137 Å². The van der Waals surface area contributed by atoms with Gasteiger partial charge in [0.2, 0.25) is 5.91 Å². The Morgan fingerprint density at radius 3 is 2.51 bits per heavy atom. The van der Waals surface area contributed by atoms with Gasteiger partial charge in [-0.2, -0.15) is 0 Å². The van der Waals surface area contributed by atoms with Gasteiger partial charge < -0.3 is 24.4 Å². The number of allylic oxidation sites excluding steroid dienone is 2. The molecule has 6 atom stereocenters. The van der Waals surface area contributed by atoms with Crippen LogP contribution in [0.5, 0.6) is 0 Å². The molecule has 5 unspecified atom stereocenters. The zero-order chi connectivity index (χ0) is 50.0. The molecule has 5 aliphatic rings. The summed E-state index contributed by atoms with van der Waals surface area (Å²) in [5, 5.41) is 5.14. The molecule has 0 spiro atoms. The molecule has 14 nitrogen and oxygen atoms in total. The lowest BCUT2D eigenvalue weighted by Crippen LogP contribution is -2.61. The van der Waals surface area contributed by atoms with E-state index in [1.54, 1.807) is 12.1 Å². The zero-order valence-electron chi connectivity index (χ0n) is 43.6. The minimum atomic E-state index is -0.730. The normalized spacial score (nSPS) is 22.4. The minimum Gasteiger partial charge on any atom is -0.467 e. The predicted molar refractivity (Wildman–Crippen MR) is 275 cm³/mol. The third kappa shape index (κ3) is 13.3. The van der Waals surface area contributed by atoms with E-state index in [0.29, 0.717) is 52.2 Å². The molecule has 14 heteroatoms. The highest BCUT2D eigenvalue weighted by Gasteiger charge is 2.42. The van der Waals surface area contributed by atoms with Crippen molar-refractivity contribution in [3.63, 3.8) is 0 Å². The molecule has 1 aromatic heterocycles. The number of likely N-dealkylation sites (N-methyl/N-ethyl adjacent to an activating group) is 1. The molecule has 2 N–H and O–H groups in total. The Hall–Kier alpha value is -4.47. The van der Waals surface area contributed by atoms with E-state index in [0.717, 1.165) is 112 Å². The standard InChI is InChI=1S/C56H83N7O7/c1-9-38(3)50(45-20-15-24-57-51(45)40(5)68-8)47(30-56(6,7)36-69-37-64)46-29-43(22-21-39(46)4)44-19-16-26-60(33-44)34-48(54(66)63-27-14-13-25-58-63)59-53(65)52(42-17-11-12-18-42)62-28-23-41(32-62)31-61(10-2)55(67)49-35-70-49/h15,19-22,24,29,37-38,40-42,48-49,52,58H,9-14,16-18,23,25-28,30-36H2,1-8H3,(H,59,65)/b50-47+/t38-,40?,41?,48?,49?,52?/m1/s1. The molecule has 0 bridgehead atoms. The summed E-state index contributed by atoms with van der Waals surface area (Å²) in [7, 11) is 1.72. The van der Waals surface area contributed by atoms with Gasteiger partial charge in [-0.15, -0.1) is 0 Å². The van der Waals surface area contributed by atoms with Crippen LogP contribution < -0.4 is 10.7 Å². The number of carbonyl (C=O) groups is 4. The van der Waals surface area contributed by atoms with E-state index in [2.05, 4.69) is 85.5 Å². The molecule has 1 aromatic carbocycles. The van der Waals surface area contributed by atoms with Crippen LogP contribution in [-0.4, -0.2) is 146 Å². The number of aromatic nitrogens is 1. The summed E-state index contributed by atoms with van der Waals surface area (Å²) in [6, 6.07) is 9.88. The average molecular weight is 966 g/mol. The maximum Gasteiger partial charge on any atom is 0.293 e. The van der Waals surface area contributed by atoms with Gasteiger partial charge in [-0.1, -0.05) is 64.8 Å². The summed E-state index contributed by atoms with van der Waals surface area (Å²) in [5.74, 6) is 0.617. The molecule has 7 rings (SSSR count). The highest BCUT2D eigenvalue weighted by molar-refractivity contribution is 5.94. The number of rotatable bonds is 23. The molecule has 4 aliphatic heterocycles. The summed E-state index contributed by atoms with van der Waals surface area (Å²) in [4.78, 5) is 65.5. The molecular weight excluding hydrogens is 883 g/mol. The smallest absolute Gasteiger partial charge is 0.293 e. The van der Waals surface area contributed by atoms with E-state index in [-0.39, 0.29) is 65.7 Å². The van der Waals surface area contributed by atoms with Crippen LogP contribution in [0, 0.1) is 30.1 Å². The fourth-order valence-electron chi connectivity index (χ4n) is 11.5. The van der Waals surface area contributed by atoms with Crippen LogP contribution in [0.3, 0.4) is 0 Å². The van der Waals surface area contributed by atoms with Crippen molar-refractivity contribution < 1.29 is 33.4 Å². The number of methoxy groups -OCH3 is 1. The predicted octanol–water partition coefficient (Wildman–Crippen LogP) is 7.47. The average Bonchev–Trinajstić information content (AvgIpc) is 3.90. The van der Waals surface area contributed by atoms with Crippen LogP contribution in [0.1, 0.15) is 140 Å². The van der Waals surface area contributed by atoms with Gasteiger partial charge in [-0.25, -0.2) is 5.43 Å². The number of benzene rings is 1. The molecule has 384 valence electrons. The topological polar surface area (TPSA) is 149 Å². The second-order valence-corrected chi connectivity index (χ2v) is 21.6. The highest BCUT2D eigenvalue weighted by atomic mass is 16.6. The van der Waals surface area contributed by atoms with Crippen LogP contribution in [0.4, 0.5) is 0 Å². The molecule has 0 radical (unpaired) electrons. The van der Waals surface area contributed by atoms with E-state index < -0.39 is 6.04 Å². The number of carbonyl (C=O) groups excluding carboxylic acids is 4. The first-order valence-electron chi connectivity index (χ1n) is 26.5. The minimum absolute atomic E-state index is 0.0526. The van der Waals surface area contributed by atoms with Crippen LogP contribution in [0.25, 0.3) is 16.7 Å². The zero-order valence-corrected chi connectivity index (χ0v) is 43.6. The first-order valence-corrected chi connectivity index (χ1v) is 26.5. The van der Waals surface area contributed by atoms with Gasteiger partial charge in [0.05, 0.1) is 31.1 Å². The molecule has 5 heterocycles. The quantitative estimate of drug-likeness (QED) is 0.0844. The van der Waals surface area contributed by atoms with Crippen LogP contribution in [0.15, 0.2) is 42.6 Å². The number of pyridine rings is 1. The Bertz CT molecular complexity index is 2180. The van der Waals surface area contributed by atoms with E-state index in [1.165, 1.54) is 16.7 Å². The summed E-state index contributed by atoms with van der Waals surface area (Å²) in [6.07, 6.45) is 13.1. The van der Waals surface area contributed by atoms with Crippen molar-refractivity contribution in [1.29, 1.82) is 0 Å². The van der Waals surface area contributed by atoms with Crippen molar-refractivity contribution in [3.8, 4) is 0 Å². The molecule has 1 saturated carbocycles. The summed E-state index contributed by atoms with van der Waals surface area (Å²) in [5.41, 5.74) is 11.9. The van der Waals surface area contributed by atoms with Crippen molar-refractivity contribution in [1.82, 2.24) is 35.4 Å². The van der Waals surface area contributed by atoms with E-state index >= 15 is 0 Å². The van der Waals surface area contributed by atoms with Gasteiger partial charge in [0, 0.05) is 76.6 Å². The third-order valence-corrected chi connectivity index (χ3v) is 15.7. The van der Waals surface area contributed by atoms with Crippen molar-refractivity contribution in [2.24, 2.45) is 23.2 Å². The number of likely N-dealkylation sites (tertiary alicyclic amines) is 1. The summed E-state index contributed by atoms with van der Waals surface area (Å²) >= 11 is 0. The molecule has 4 fully saturated rings. The Morgan fingerprint density at radius 2 is 1.83 bits per heavy atom. The summed E-state index contributed by atoms with van der Waals surface area (Å²) in [6.45, 7) is 22.4. The molecule has 3 amide bonds. The number of amides is 3. The summed E-state index contributed by atoms with van der Waals surface area (Å²) < 4.78 is 16.6. The van der Waals surface area contributed by atoms with Crippen LogP contribution >= 0.6 is 0 Å². The molecule has 70 heavy (non-hydrogen) atoms. The first kappa shape index (κ1) is 53.3. The number of epoxide rings is 1. The van der Waals surface area contributed by atoms with Gasteiger partial charge in [0.25, 0.3) is 18.3 Å². The molecule has 2 aromatic rings. The number of hydrazine groups is 1. The van der Waals surface area contributed by atoms with Gasteiger partial charge in [0.1, 0.15) is 6.04 Å². The van der Waals surface area contributed by atoms with E-state index in [4.69, 9.17) is 19.2 Å². The fraction of sp³-hybridized carbons (Fsp3) is 0.661. The molecular formula is C56H83N7O7. The number of hydrogen-bond donors (Lipinski definition) is 2. The van der Waals surface area contributed by atoms with Gasteiger partial charge in [-0.05, 0) is 142 Å². The third-order valence-electron chi connectivity index (χ3n) is 15.7. The highest BCUT2D eigenvalue weighted by Crippen LogP contribution is 2.44. The lowest BCUT2D eigenvalue weighted by atomic mass is 9.75. The van der Waals surface area contributed by atoms with E-state index in [1.807, 2.05) is 31.0 Å². The van der Waals surface area contributed by atoms with Gasteiger partial charge >= 0.3 is 0 Å². The van der Waals surface area contributed by atoms with Crippen molar-refractivity contribution >= 4 is 40.9 Å².